The molecule has 3 N–H and O–H groups in total. The van der Waals surface area contributed by atoms with E-state index in [-0.39, 0.29) is 0 Å². The molecule has 0 saturated carbocycles. The van der Waals surface area contributed by atoms with E-state index in [4.69, 9.17) is 5.11 Å². The smallest absolute Gasteiger partial charge is 0.349 e. The topological polar surface area (TPSA) is 89.6 Å². The third-order valence-electron chi connectivity index (χ3n) is 0.698. The standard InChI is InChI=1S/C6H7NO4/c7-11-6(10)4-2-1-3-5(8)9/h1-4H,7H2,(H,8,9)/b3-1+,4-2+. The van der Waals surface area contributed by atoms with Crippen LogP contribution < -0.4 is 5.90 Å². The zero-order valence-electron chi connectivity index (χ0n) is 5.56. The molecule has 0 aliphatic heterocycles. The maximum absolute atomic E-state index is 10.2. The fourth-order valence-corrected chi connectivity index (χ4v) is 0.311. The monoisotopic (exact) mass is 157 g/mol. The molecule has 5 heteroatoms. The molecule has 0 atom stereocenters. The van der Waals surface area contributed by atoms with Crippen molar-refractivity contribution in [2.24, 2.45) is 5.90 Å². The summed E-state index contributed by atoms with van der Waals surface area (Å²) in [4.78, 5) is 23.8. The van der Waals surface area contributed by atoms with Crippen LogP contribution in [0.5, 0.6) is 0 Å². The van der Waals surface area contributed by atoms with Gasteiger partial charge in [0.25, 0.3) is 0 Å². The highest BCUT2D eigenvalue weighted by molar-refractivity contribution is 5.83. The van der Waals surface area contributed by atoms with Gasteiger partial charge in [-0.05, 0) is 0 Å². The summed E-state index contributed by atoms with van der Waals surface area (Å²) in [5.41, 5.74) is 0. The highest BCUT2D eigenvalue weighted by Crippen LogP contribution is 1.79. The van der Waals surface area contributed by atoms with E-state index in [0.29, 0.717) is 0 Å². The molecule has 11 heavy (non-hydrogen) atoms. The van der Waals surface area contributed by atoms with Gasteiger partial charge in [0.2, 0.25) is 0 Å². The summed E-state index contributed by atoms with van der Waals surface area (Å²) in [6.07, 6.45) is 4.27. The van der Waals surface area contributed by atoms with E-state index in [2.05, 4.69) is 10.7 Å². The zero-order chi connectivity index (χ0) is 8.69. The first-order valence-corrected chi connectivity index (χ1v) is 2.65. The molecule has 5 nitrogen and oxygen atoms in total. The van der Waals surface area contributed by atoms with Crippen LogP contribution in [0.3, 0.4) is 0 Å². The van der Waals surface area contributed by atoms with Gasteiger partial charge in [0.1, 0.15) is 0 Å². The van der Waals surface area contributed by atoms with Crippen molar-refractivity contribution in [1.29, 1.82) is 0 Å². The van der Waals surface area contributed by atoms with E-state index in [1.54, 1.807) is 0 Å². The molecule has 0 fully saturated rings. The predicted molar refractivity (Wildman–Crippen MR) is 36.2 cm³/mol. The van der Waals surface area contributed by atoms with Gasteiger partial charge < -0.3 is 9.94 Å². The predicted octanol–water partition coefficient (Wildman–Crippen LogP) is -0.400. The molecule has 0 unspecified atom stereocenters. The molecule has 0 aromatic heterocycles. The molecule has 0 aromatic rings. The molecule has 60 valence electrons. The number of nitrogens with two attached hydrogens (primary N) is 1. The number of allylic oxidation sites excluding steroid dienone is 2. The minimum absolute atomic E-state index is 0.736. The summed E-state index contributed by atoms with van der Waals surface area (Å²) >= 11 is 0. The Kier molecular flexibility index (Phi) is 4.42. The fraction of sp³-hybridized carbons (Fsp3) is 0. The molecule has 0 aliphatic carbocycles. The highest BCUT2D eigenvalue weighted by Gasteiger charge is 1.88. The van der Waals surface area contributed by atoms with E-state index in [1.807, 2.05) is 0 Å². The average molecular weight is 157 g/mol. The molecule has 0 aromatic carbocycles. The number of hydrogen-bond donors (Lipinski definition) is 2. The van der Waals surface area contributed by atoms with Crippen LogP contribution in [0.25, 0.3) is 0 Å². The van der Waals surface area contributed by atoms with Gasteiger partial charge in [-0.2, -0.15) is 5.90 Å². The van der Waals surface area contributed by atoms with Crippen LogP contribution in [-0.4, -0.2) is 17.0 Å². The third-order valence-corrected chi connectivity index (χ3v) is 0.698. The molecule has 0 aliphatic rings. The van der Waals surface area contributed by atoms with E-state index in [9.17, 15) is 9.59 Å². The minimum atomic E-state index is -1.09. The quantitative estimate of drug-likeness (QED) is 0.330. The highest BCUT2D eigenvalue weighted by atomic mass is 16.7. The lowest BCUT2D eigenvalue weighted by Crippen LogP contribution is -2.05. The lowest BCUT2D eigenvalue weighted by molar-refractivity contribution is -0.138. The molecule has 0 bridgehead atoms. The second-order valence-electron chi connectivity index (χ2n) is 1.49. The molecule has 0 spiro atoms. The van der Waals surface area contributed by atoms with Gasteiger partial charge in [-0.1, -0.05) is 12.2 Å². The Labute approximate surface area is 62.7 Å². The van der Waals surface area contributed by atoms with Crippen LogP contribution in [0.4, 0.5) is 0 Å². The summed E-state index contributed by atoms with van der Waals surface area (Å²) in [7, 11) is 0. The minimum Gasteiger partial charge on any atom is -0.478 e. The summed E-state index contributed by atoms with van der Waals surface area (Å²) < 4.78 is 0. The molecule has 0 amide bonds. The molecule has 0 rings (SSSR count). The zero-order valence-corrected chi connectivity index (χ0v) is 5.56. The van der Waals surface area contributed by atoms with Crippen LogP contribution in [0.2, 0.25) is 0 Å². The molecule has 0 saturated heterocycles. The largest absolute Gasteiger partial charge is 0.478 e. The van der Waals surface area contributed by atoms with Crippen molar-refractivity contribution >= 4 is 11.9 Å². The Morgan fingerprint density at radius 1 is 1.27 bits per heavy atom. The fourth-order valence-electron chi connectivity index (χ4n) is 0.311. The van der Waals surface area contributed by atoms with Gasteiger partial charge in [0.05, 0.1) is 0 Å². The lowest BCUT2D eigenvalue weighted by atomic mass is 10.4. The van der Waals surface area contributed by atoms with Gasteiger partial charge in [-0.25, -0.2) is 9.59 Å². The number of rotatable bonds is 3. The van der Waals surface area contributed by atoms with Crippen LogP contribution in [0.1, 0.15) is 0 Å². The van der Waals surface area contributed by atoms with Gasteiger partial charge in [-0.15, -0.1) is 0 Å². The Morgan fingerprint density at radius 2 is 1.82 bits per heavy atom. The first-order valence-electron chi connectivity index (χ1n) is 2.65. The van der Waals surface area contributed by atoms with Crippen molar-refractivity contribution < 1.29 is 19.5 Å². The van der Waals surface area contributed by atoms with E-state index >= 15 is 0 Å². The summed E-state index contributed by atoms with van der Waals surface area (Å²) in [5.74, 6) is 2.65. The van der Waals surface area contributed by atoms with Gasteiger partial charge in [0, 0.05) is 12.2 Å². The number of aliphatic carboxylic acids is 1. The molecular weight excluding hydrogens is 150 g/mol. The van der Waals surface area contributed by atoms with Crippen LogP contribution in [0, 0.1) is 0 Å². The van der Waals surface area contributed by atoms with Gasteiger partial charge in [0.15, 0.2) is 0 Å². The van der Waals surface area contributed by atoms with Crippen molar-refractivity contribution in [2.75, 3.05) is 0 Å². The van der Waals surface area contributed by atoms with Gasteiger partial charge in [-0.3, -0.25) is 0 Å². The van der Waals surface area contributed by atoms with Crippen molar-refractivity contribution in [3.05, 3.63) is 24.3 Å². The Morgan fingerprint density at radius 3 is 2.27 bits per heavy atom. The van der Waals surface area contributed by atoms with Crippen molar-refractivity contribution in [2.45, 2.75) is 0 Å². The SMILES string of the molecule is NOC(=O)/C=C/C=C/C(=O)O. The third kappa shape index (κ3) is 6.26. The first kappa shape index (κ1) is 9.38. The summed E-state index contributed by atoms with van der Waals surface area (Å²) in [5, 5.41) is 8.07. The average Bonchev–Trinajstić information content (AvgIpc) is 1.97. The maximum Gasteiger partial charge on any atom is 0.349 e. The number of hydrogen-bond acceptors (Lipinski definition) is 4. The van der Waals surface area contributed by atoms with Crippen molar-refractivity contribution in [3.63, 3.8) is 0 Å². The van der Waals surface area contributed by atoms with E-state index < -0.39 is 11.9 Å². The summed E-state index contributed by atoms with van der Waals surface area (Å²) in [6.45, 7) is 0. The number of carbonyl (C=O) groups is 2. The molecule has 0 radical (unpaired) electrons. The molecule has 0 heterocycles. The normalized spacial score (nSPS) is 10.6. The van der Waals surface area contributed by atoms with E-state index in [1.165, 1.54) is 12.2 Å². The van der Waals surface area contributed by atoms with Crippen molar-refractivity contribution in [1.82, 2.24) is 0 Å². The van der Waals surface area contributed by atoms with Gasteiger partial charge >= 0.3 is 11.9 Å². The Bertz CT molecular complexity index is 207. The summed E-state index contributed by atoms with van der Waals surface area (Å²) in [6, 6.07) is 0. The first-order chi connectivity index (χ1) is 5.16. The van der Waals surface area contributed by atoms with Crippen LogP contribution >= 0.6 is 0 Å². The second kappa shape index (κ2) is 5.19. The van der Waals surface area contributed by atoms with Crippen LogP contribution in [0.15, 0.2) is 24.3 Å². The van der Waals surface area contributed by atoms with Crippen molar-refractivity contribution in [3.8, 4) is 0 Å². The number of carboxylic acid groups (broad SMARTS) is 1. The number of carboxylic acids is 1. The Hall–Kier alpha value is -1.62. The maximum atomic E-state index is 10.2. The Balaban J connectivity index is 3.77. The lowest BCUT2D eigenvalue weighted by Gasteiger charge is -1.84. The number of carbonyl (C=O) groups excluding carboxylic acids is 1. The van der Waals surface area contributed by atoms with Crippen LogP contribution in [-0.2, 0) is 14.4 Å². The second-order valence-corrected chi connectivity index (χ2v) is 1.49. The molecular formula is C6H7NO4. The van der Waals surface area contributed by atoms with E-state index in [0.717, 1.165) is 12.2 Å².